The monoisotopic (exact) mass is 398 g/mol. The van der Waals surface area contributed by atoms with Gasteiger partial charge in [-0.15, -0.1) is 0 Å². The Labute approximate surface area is 170 Å². The van der Waals surface area contributed by atoms with Crippen LogP contribution in [0.3, 0.4) is 0 Å². The minimum Gasteiger partial charge on any atom is -0.508 e. The van der Waals surface area contributed by atoms with Gasteiger partial charge < -0.3 is 20.1 Å². The zero-order chi connectivity index (χ0) is 21.6. The highest BCUT2D eigenvalue weighted by atomic mass is 16.5. The van der Waals surface area contributed by atoms with Crippen LogP contribution >= 0.6 is 0 Å². The lowest BCUT2D eigenvalue weighted by molar-refractivity contribution is -0.152. The van der Waals surface area contributed by atoms with E-state index in [1.165, 1.54) is 37.4 Å². The summed E-state index contributed by atoms with van der Waals surface area (Å²) >= 11 is 0. The second-order valence-corrected chi connectivity index (χ2v) is 7.19. The molecule has 154 valence electrons. The van der Waals surface area contributed by atoms with Crippen LogP contribution in [-0.4, -0.2) is 34.4 Å². The molecule has 29 heavy (non-hydrogen) atoms. The minimum absolute atomic E-state index is 0.0201. The predicted molar refractivity (Wildman–Crippen MR) is 109 cm³/mol. The van der Waals surface area contributed by atoms with Gasteiger partial charge in [-0.05, 0) is 61.6 Å². The summed E-state index contributed by atoms with van der Waals surface area (Å²) in [4.78, 5) is 24.5. The van der Waals surface area contributed by atoms with Crippen LogP contribution < -0.4 is 0 Å². The number of phenols is 2. The number of carboxylic acid groups (broad SMARTS) is 1. The lowest BCUT2D eigenvalue weighted by Crippen LogP contribution is -2.30. The van der Waals surface area contributed by atoms with Crippen LogP contribution in [0.4, 0.5) is 0 Å². The summed E-state index contributed by atoms with van der Waals surface area (Å²) in [5, 5.41) is 29.4. The average Bonchev–Trinajstić information content (AvgIpc) is 2.68. The summed E-state index contributed by atoms with van der Waals surface area (Å²) in [5.74, 6) is -3.74. The van der Waals surface area contributed by atoms with Gasteiger partial charge in [0.2, 0.25) is 0 Å². The van der Waals surface area contributed by atoms with E-state index in [0.29, 0.717) is 23.1 Å². The van der Waals surface area contributed by atoms with Gasteiger partial charge in [0.25, 0.3) is 0 Å². The zero-order valence-corrected chi connectivity index (χ0v) is 16.8. The van der Waals surface area contributed by atoms with Crippen LogP contribution in [0.2, 0.25) is 0 Å². The van der Waals surface area contributed by atoms with Crippen molar-refractivity contribution in [2.24, 2.45) is 5.92 Å². The maximum atomic E-state index is 12.4. The van der Waals surface area contributed by atoms with Crippen LogP contribution in [-0.2, 0) is 27.2 Å². The van der Waals surface area contributed by atoms with Crippen molar-refractivity contribution in [2.45, 2.75) is 32.6 Å². The molecule has 3 N–H and O–H groups in total. The molecule has 2 atom stereocenters. The van der Waals surface area contributed by atoms with Crippen molar-refractivity contribution >= 4 is 11.9 Å². The Kier molecular flexibility index (Phi) is 7.42. The number of aliphatic carboxylic acids is 1. The topological polar surface area (TPSA) is 104 Å². The third-order valence-electron chi connectivity index (χ3n) is 4.76. The quantitative estimate of drug-likeness (QED) is 0.461. The van der Waals surface area contributed by atoms with Crippen LogP contribution in [0.15, 0.2) is 54.1 Å². The number of phenolic OH excluding ortho intramolecular Hbond substituents is 2. The fourth-order valence-corrected chi connectivity index (χ4v) is 3.19. The largest absolute Gasteiger partial charge is 0.508 e. The predicted octanol–water partition coefficient (Wildman–Crippen LogP) is 3.81. The first-order valence-electron chi connectivity index (χ1n) is 9.26. The summed E-state index contributed by atoms with van der Waals surface area (Å²) in [6.07, 6.45) is 2.58. The molecular formula is C23H26O6. The van der Waals surface area contributed by atoms with Gasteiger partial charge >= 0.3 is 11.9 Å². The van der Waals surface area contributed by atoms with Crippen LogP contribution in [0, 0.1) is 5.92 Å². The Hall–Kier alpha value is -3.28. The SMILES string of the molecule is COC(=O)[C@H](c1ccc(O)cc1)[C@H](Cc1ccc(O)c(CC=C(C)C)c1)C(=O)O. The molecular weight excluding hydrogens is 372 g/mol. The highest BCUT2D eigenvalue weighted by Crippen LogP contribution is 2.32. The summed E-state index contributed by atoms with van der Waals surface area (Å²) in [7, 11) is 1.22. The molecule has 2 aromatic carbocycles. The van der Waals surface area contributed by atoms with E-state index in [1.54, 1.807) is 12.1 Å². The fourth-order valence-electron chi connectivity index (χ4n) is 3.19. The molecule has 6 nitrogen and oxygen atoms in total. The molecule has 0 amide bonds. The van der Waals surface area contributed by atoms with Crippen LogP contribution in [0.25, 0.3) is 0 Å². The molecule has 0 spiro atoms. The first kappa shape index (κ1) is 22.0. The molecule has 0 aromatic heterocycles. The maximum absolute atomic E-state index is 12.4. The van der Waals surface area contributed by atoms with Crippen LogP contribution in [0.5, 0.6) is 11.5 Å². The van der Waals surface area contributed by atoms with E-state index < -0.39 is 23.8 Å². The third-order valence-corrected chi connectivity index (χ3v) is 4.76. The van der Waals surface area contributed by atoms with Crippen molar-refractivity contribution in [2.75, 3.05) is 7.11 Å². The first-order valence-corrected chi connectivity index (χ1v) is 9.26. The number of aromatic hydroxyl groups is 2. The normalized spacial score (nSPS) is 12.7. The molecule has 0 aliphatic rings. The Bertz CT molecular complexity index is 894. The van der Waals surface area contributed by atoms with Gasteiger partial charge in [-0.2, -0.15) is 0 Å². The highest BCUT2D eigenvalue weighted by molar-refractivity contribution is 5.85. The van der Waals surface area contributed by atoms with Gasteiger partial charge in [0.05, 0.1) is 18.9 Å². The minimum atomic E-state index is -1.13. The number of rotatable bonds is 8. The number of carboxylic acids is 1. The molecule has 0 bridgehead atoms. The van der Waals surface area contributed by atoms with Crippen molar-refractivity contribution in [3.05, 3.63) is 70.8 Å². The van der Waals surface area contributed by atoms with E-state index in [9.17, 15) is 24.9 Å². The molecule has 6 heteroatoms. The summed E-state index contributed by atoms with van der Waals surface area (Å²) in [5.41, 5.74) is 2.94. The number of carbonyl (C=O) groups is 2. The molecule has 0 aliphatic heterocycles. The molecule has 2 aromatic rings. The number of hydrogen-bond donors (Lipinski definition) is 3. The molecule has 0 radical (unpaired) electrons. The molecule has 0 fully saturated rings. The molecule has 0 unspecified atom stereocenters. The molecule has 0 saturated carbocycles. The Morgan fingerprint density at radius 2 is 1.72 bits per heavy atom. The van der Waals surface area contributed by atoms with Crippen molar-refractivity contribution < 1.29 is 29.6 Å². The highest BCUT2D eigenvalue weighted by Gasteiger charge is 2.36. The van der Waals surface area contributed by atoms with Crippen molar-refractivity contribution in [3.63, 3.8) is 0 Å². The van der Waals surface area contributed by atoms with Gasteiger partial charge in [-0.3, -0.25) is 9.59 Å². The van der Waals surface area contributed by atoms with E-state index in [4.69, 9.17) is 4.74 Å². The van der Waals surface area contributed by atoms with E-state index in [-0.39, 0.29) is 17.9 Å². The zero-order valence-electron chi connectivity index (χ0n) is 16.8. The summed E-state index contributed by atoms with van der Waals surface area (Å²) in [6.45, 7) is 3.92. The Morgan fingerprint density at radius 3 is 2.28 bits per heavy atom. The molecule has 0 saturated heterocycles. The molecule has 0 aliphatic carbocycles. The van der Waals surface area contributed by atoms with Gasteiger partial charge in [0, 0.05) is 0 Å². The smallest absolute Gasteiger partial charge is 0.314 e. The lowest BCUT2D eigenvalue weighted by atomic mass is 9.81. The third kappa shape index (κ3) is 5.85. The second kappa shape index (κ2) is 9.78. The van der Waals surface area contributed by atoms with Crippen LogP contribution in [0.1, 0.15) is 36.5 Å². The van der Waals surface area contributed by atoms with E-state index in [2.05, 4.69) is 0 Å². The summed E-state index contributed by atoms with van der Waals surface area (Å²) in [6, 6.07) is 10.8. The standard InChI is InChI=1S/C23H26O6/c1-14(2)4-6-17-12-15(5-11-20(17)25)13-19(22(26)27)21(23(28)29-3)16-7-9-18(24)10-8-16/h4-5,7-12,19,21,24-25H,6,13H2,1-3H3,(H,26,27)/t19-,21+/m0/s1. The number of methoxy groups -OCH3 is 1. The van der Waals surface area contributed by atoms with Crippen molar-refractivity contribution in [1.29, 1.82) is 0 Å². The fraction of sp³-hybridized carbons (Fsp3) is 0.304. The van der Waals surface area contributed by atoms with E-state index in [0.717, 1.165) is 5.57 Å². The lowest BCUT2D eigenvalue weighted by Gasteiger charge is -2.23. The van der Waals surface area contributed by atoms with E-state index in [1.807, 2.05) is 19.9 Å². The van der Waals surface area contributed by atoms with Gasteiger partial charge in [0.1, 0.15) is 11.5 Å². The second-order valence-electron chi connectivity index (χ2n) is 7.19. The Balaban J connectivity index is 2.40. The molecule has 0 heterocycles. The number of ether oxygens (including phenoxy) is 1. The number of allylic oxidation sites excluding steroid dienone is 2. The number of carbonyl (C=O) groups excluding carboxylic acids is 1. The van der Waals surface area contributed by atoms with Gasteiger partial charge in [0.15, 0.2) is 0 Å². The van der Waals surface area contributed by atoms with Gasteiger partial charge in [-0.1, -0.05) is 35.9 Å². The maximum Gasteiger partial charge on any atom is 0.314 e. The number of benzene rings is 2. The molecule has 2 rings (SSSR count). The number of hydrogen-bond acceptors (Lipinski definition) is 5. The average molecular weight is 398 g/mol. The van der Waals surface area contributed by atoms with Gasteiger partial charge in [-0.25, -0.2) is 0 Å². The Morgan fingerprint density at radius 1 is 1.07 bits per heavy atom. The first-order chi connectivity index (χ1) is 13.7. The summed E-state index contributed by atoms with van der Waals surface area (Å²) < 4.78 is 4.86. The number of esters is 1. The van der Waals surface area contributed by atoms with Crippen molar-refractivity contribution in [1.82, 2.24) is 0 Å². The van der Waals surface area contributed by atoms with Crippen molar-refractivity contribution in [3.8, 4) is 11.5 Å². The van der Waals surface area contributed by atoms with E-state index >= 15 is 0 Å².